The molecule has 1 aromatic carbocycles. The molecule has 0 radical (unpaired) electrons. The van der Waals surface area contributed by atoms with Gasteiger partial charge in [0.1, 0.15) is 6.54 Å². The van der Waals surface area contributed by atoms with Crippen LogP contribution in [0.15, 0.2) is 41.3 Å². The van der Waals surface area contributed by atoms with Crippen molar-refractivity contribution in [2.75, 3.05) is 5.32 Å². The van der Waals surface area contributed by atoms with E-state index in [-0.39, 0.29) is 18.0 Å². The number of anilines is 1. The summed E-state index contributed by atoms with van der Waals surface area (Å²) in [5, 5.41) is 6.96. The maximum absolute atomic E-state index is 11.8. The lowest BCUT2D eigenvalue weighted by molar-refractivity contribution is -0.117. The van der Waals surface area contributed by atoms with Crippen LogP contribution in [0.25, 0.3) is 0 Å². The highest BCUT2D eigenvalue weighted by Crippen LogP contribution is 2.20. The van der Waals surface area contributed by atoms with Gasteiger partial charge in [0.25, 0.3) is 5.56 Å². The Kier molecular flexibility index (Phi) is 4.54. The molecule has 5 nitrogen and oxygen atoms in total. The first-order chi connectivity index (χ1) is 9.06. The second-order valence-electron chi connectivity index (χ2n) is 3.70. The number of benzene rings is 1. The summed E-state index contributed by atoms with van der Waals surface area (Å²) in [5.74, 6) is -0.357. The summed E-state index contributed by atoms with van der Waals surface area (Å²) in [4.78, 5) is 23.4. The summed E-state index contributed by atoms with van der Waals surface area (Å²) in [6.07, 6.45) is 1.52. The smallest absolute Gasteiger partial charge is 0.268 e. The average molecular weight is 390 g/mol. The molecule has 98 valence electrons. The van der Waals surface area contributed by atoms with Crippen molar-refractivity contribution >= 4 is 45.8 Å². The second kappa shape index (κ2) is 6.16. The number of hydrogen-bond acceptors (Lipinski definition) is 3. The van der Waals surface area contributed by atoms with Gasteiger partial charge in [-0.15, -0.1) is 0 Å². The molecule has 0 atom stereocenters. The third-order valence-electron chi connectivity index (χ3n) is 2.28. The van der Waals surface area contributed by atoms with E-state index < -0.39 is 0 Å². The minimum atomic E-state index is -0.357. The molecule has 2 rings (SSSR count). The van der Waals surface area contributed by atoms with Crippen LogP contribution in [0.5, 0.6) is 0 Å². The van der Waals surface area contributed by atoms with E-state index >= 15 is 0 Å². The fourth-order valence-corrected chi connectivity index (χ4v) is 1.99. The average Bonchev–Trinajstić information content (AvgIpc) is 2.36. The Morgan fingerprint density at radius 2 is 2.16 bits per heavy atom. The van der Waals surface area contributed by atoms with Crippen molar-refractivity contribution < 1.29 is 4.79 Å². The number of nitrogens with zero attached hydrogens (tertiary/aromatic N) is 2. The summed E-state index contributed by atoms with van der Waals surface area (Å²) in [7, 11) is 0. The van der Waals surface area contributed by atoms with Gasteiger partial charge in [-0.2, -0.15) is 5.10 Å². The molecule has 1 amide bonds. The van der Waals surface area contributed by atoms with E-state index in [9.17, 15) is 9.59 Å². The van der Waals surface area contributed by atoms with Crippen molar-refractivity contribution in [3.05, 3.63) is 55.5 Å². The molecule has 1 aromatic heterocycles. The first-order valence-electron chi connectivity index (χ1n) is 5.33. The van der Waals surface area contributed by atoms with Crippen LogP contribution in [0.4, 0.5) is 5.69 Å². The molecular weight excluding hydrogens is 381 g/mol. The van der Waals surface area contributed by atoms with Gasteiger partial charge in [0, 0.05) is 9.64 Å². The molecule has 0 fully saturated rings. The predicted molar refractivity (Wildman–Crippen MR) is 81.3 cm³/mol. The molecule has 0 aliphatic carbocycles. The number of amides is 1. The standard InChI is InChI=1S/C12H9ClIN3O2/c13-9-3-1-2-4-10(9)16-11(18)7-17-12(19)5-8(14)6-15-17/h1-6H,7H2,(H,16,18). The molecular formula is C12H9ClIN3O2. The van der Waals surface area contributed by atoms with E-state index in [4.69, 9.17) is 11.6 Å². The number of halogens is 2. The Morgan fingerprint density at radius 3 is 2.84 bits per heavy atom. The quantitative estimate of drug-likeness (QED) is 0.818. The number of nitrogens with one attached hydrogen (secondary N) is 1. The molecule has 1 N–H and O–H groups in total. The normalized spacial score (nSPS) is 10.2. The number of rotatable bonds is 3. The monoisotopic (exact) mass is 389 g/mol. The zero-order chi connectivity index (χ0) is 13.8. The molecule has 19 heavy (non-hydrogen) atoms. The van der Waals surface area contributed by atoms with Crippen LogP contribution < -0.4 is 10.9 Å². The van der Waals surface area contributed by atoms with Crippen molar-refractivity contribution in [2.45, 2.75) is 6.54 Å². The van der Waals surface area contributed by atoms with Crippen molar-refractivity contribution in [3.63, 3.8) is 0 Å². The summed E-state index contributed by atoms with van der Waals surface area (Å²) >= 11 is 7.91. The van der Waals surface area contributed by atoms with Crippen LogP contribution in [0.3, 0.4) is 0 Å². The maximum Gasteiger partial charge on any atom is 0.268 e. The van der Waals surface area contributed by atoms with Crippen molar-refractivity contribution in [1.82, 2.24) is 9.78 Å². The molecule has 0 saturated carbocycles. The molecule has 0 saturated heterocycles. The topological polar surface area (TPSA) is 64.0 Å². The number of carbonyl (C=O) groups is 1. The molecule has 0 bridgehead atoms. The first-order valence-corrected chi connectivity index (χ1v) is 6.79. The van der Waals surface area contributed by atoms with Crippen LogP contribution in [0.2, 0.25) is 5.02 Å². The first kappa shape index (κ1) is 14.0. The molecule has 0 unspecified atom stereocenters. The van der Waals surface area contributed by atoms with Crippen molar-refractivity contribution in [1.29, 1.82) is 0 Å². The van der Waals surface area contributed by atoms with Gasteiger partial charge in [0.2, 0.25) is 5.91 Å². The lowest BCUT2D eigenvalue weighted by Crippen LogP contribution is -2.29. The molecule has 0 aliphatic rings. The fraction of sp³-hybridized carbons (Fsp3) is 0.0833. The Morgan fingerprint density at radius 1 is 1.42 bits per heavy atom. The SMILES string of the molecule is O=C(Cn1ncc(I)cc1=O)Nc1ccccc1Cl. The number of para-hydroxylation sites is 1. The molecule has 0 spiro atoms. The Hall–Kier alpha value is -1.41. The predicted octanol–water partition coefficient (Wildman–Crippen LogP) is 2.14. The zero-order valence-corrected chi connectivity index (χ0v) is 12.6. The largest absolute Gasteiger partial charge is 0.323 e. The summed E-state index contributed by atoms with van der Waals surface area (Å²) in [6.45, 7) is -0.152. The van der Waals surface area contributed by atoms with E-state index in [0.29, 0.717) is 10.7 Å². The highest BCUT2D eigenvalue weighted by Gasteiger charge is 2.08. The number of aromatic nitrogens is 2. The minimum Gasteiger partial charge on any atom is -0.323 e. The van der Waals surface area contributed by atoms with Crippen LogP contribution in [-0.4, -0.2) is 15.7 Å². The van der Waals surface area contributed by atoms with E-state index in [1.165, 1.54) is 12.3 Å². The van der Waals surface area contributed by atoms with E-state index in [2.05, 4.69) is 10.4 Å². The number of hydrogen-bond donors (Lipinski definition) is 1. The van der Waals surface area contributed by atoms with Crippen LogP contribution in [0, 0.1) is 3.57 Å². The van der Waals surface area contributed by atoms with Crippen LogP contribution >= 0.6 is 34.2 Å². The lowest BCUT2D eigenvalue weighted by atomic mass is 10.3. The third kappa shape index (κ3) is 3.77. The Bertz CT molecular complexity index is 672. The van der Waals surface area contributed by atoms with Gasteiger partial charge in [0.15, 0.2) is 0 Å². The van der Waals surface area contributed by atoms with Gasteiger partial charge >= 0.3 is 0 Å². The Labute approximate surface area is 127 Å². The third-order valence-corrected chi connectivity index (χ3v) is 3.20. The van der Waals surface area contributed by atoms with Gasteiger partial charge in [-0.05, 0) is 34.7 Å². The minimum absolute atomic E-state index is 0.152. The Balaban J connectivity index is 2.10. The highest BCUT2D eigenvalue weighted by molar-refractivity contribution is 14.1. The second-order valence-corrected chi connectivity index (χ2v) is 5.35. The zero-order valence-electron chi connectivity index (χ0n) is 9.64. The lowest BCUT2D eigenvalue weighted by Gasteiger charge is -2.07. The molecule has 1 heterocycles. The van der Waals surface area contributed by atoms with Gasteiger partial charge in [-0.1, -0.05) is 23.7 Å². The number of carbonyl (C=O) groups excluding carboxylic acids is 1. The van der Waals surface area contributed by atoms with Gasteiger partial charge in [-0.25, -0.2) is 4.68 Å². The fourth-order valence-electron chi connectivity index (χ4n) is 1.42. The summed E-state index contributed by atoms with van der Waals surface area (Å²) < 4.78 is 1.82. The van der Waals surface area contributed by atoms with Gasteiger partial charge in [-0.3, -0.25) is 9.59 Å². The van der Waals surface area contributed by atoms with E-state index in [0.717, 1.165) is 8.25 Å². The summed E-state index contributed by atoms with van der Waals surface area (Å²) in [6, 6.07) is 8.30. The van der Waals surface area contributed by atoms with Crippen molar-refractivity contribution in [2.24, 2.45) is 0 Å². The van der Waals surface area contributed by atoms with Gasteiger partial charge in [0.05, 0.1) is 16.9 Å². The van der Waals surface area contributed by atoms with E-state index in [1.807, 2.05) is 22.6 Å². The van der Waals surface area contributed by atoms with Crippen LogP contribution in [0.1, 0.15) is 0 Å². The van der Waals surface area contributed by atoms with E-state index in [1.54, 1.807) is 24.3 Å². The van der Waals surface area contributed by atoms with Crippen LogP contribution in [-0.2, 0) is 11.3 Å². The molecule has 7 heteroatoms. The van der Waals surface area contributed by atoms with Gasteiger partial charge < -0.3 is 5.32 Å². The van der Waals surface area contributed by atoms with Crippen molar-refractivity contribution in [3.8, 4) is 0 Å². The molecule has 0 aliphatic heterocycles. The highest BCUT2D eigenvalue weighted by atomic mass is 127. The summed E-state index contributed by atoms with van der Waals surface area (Å²) in [5.41, 5.74) is 0.189. The maximum atomic E-state index is 11.8. The molecule has 2 aromatic rings.